The first-order valence-electron chi connectivity index (χ1n) is 5.00. The maximum absolute atomic E-state index is 11.1. The summed E-state index contributed by atoms with van der Waals surface area (Å²) in [5, 5.41) is 7.12. The normalized spacial score (nSPS) is 27.4. The van der Waals surface area contributed by atoms with E-state index in [0.717, 1.165) is 29.5 Å². The second-order valence-corrected chi connectivity index (χ2v) is 6.00. The Bertz CT molecular complexity index is 221. The largest absolute Gasteiger partial charge is 0.361 e. The van der Waals surface area contributed by atoms with Crippen molar-refractivity contribution >= 4 is 28.1 Å². The molecular formula is C9H18N2OS2. The lowest BCUT2D eigenvalue weighted by Crippen LogP contribution is -2.46. The van der Waals surface area contributed by atoms with E-state index in [1.165, 1.54) is 0 Å². The third-order valence-electron chi connectivity index (χ3n) is 2.14. The van der Waals surface area contributed by atoms with Crippen molar-refractivity contribution in [3.8, 4) is 0 Å². The van der Waals surface area contributed by atoms with Gasteiger partial charge in [-0.25, -0.2) is 0 Å². The van der Waals surface area contributed by atoms with Crippen LogP contribution in [0.3, 0.4) is 0 Å². The highest BCUT2D eigenvalue weighted by Crippen LogP contribution is 2.08. The molecule has 1 aliphatic rings. The van der Waals surface area contributed by atoms with Crippen LogP contribution in [0.4, 0.5) is 0 Å². The SMILES string of the molecule is CC(C)NC(=S)NC1CCS(=O)CC1. The predicted octanol–water partition coefficient (Wildman–Crippen LogP) is 0.770. The van der Waals surface area contributed by atoms with E-state index in [1.807, 2.05) is 0 Å². The van der Waals surface area contributed by atoms with Gasteiger partial charge in [-0.05, 0) is 38.9 Å². The minimum atomic E-state index is -0.590. The maximum Gasteiger partial charge on any atom is 0.166 e. The zero-order valence-electron chi connectivity index (χ0n) is 8.71. The number of thiocarbonyl (C=S) groups is 1. The predicted molar refractivity (Wildman–Crippen MR) is 64.9 cm³/mol. The van der Waals surface area contributed by atoms with Crippen LogP contribution < -0.4 is 10.6 Å². The van der Waals surface area contributed by atoms with Gasteiger partial charge in [0, 0.05) is 34.4 Å². The molecule has 0 bridgehead atoms. The number of hydrogen-bond donors (Lipinski definition) is 2. The molecule has 0 amide bonds. The van der Waals surface area contributed by atoms with Crippen molar-refractivity contribution in [2.24, 2.45) is 0 Å². The van der Waals surface area contributed by atoms with Gasteiger partial charge in [0.2, 0.25) is 0 Å². The van der Waals surface area contributed by atoms with Crippen molar-refractivity contribution < 1.29 is 4.21 Å². The Balaban J connectivity index is 2.24. The van der Waals surface area contributed by atoms with E-state index in [0.29, 0.717) is 12.1 Å². The highest BCUT2D eigenvalue weighted by atomic mass is 32.2. The first-order valence-corrected chi connectivity index (χ1v) is 6.89. The van der Waals surface area contributed by atoms with E-state index in [9.17, 15) is 4.21 Å². The second kappa shape index (κ2) is 5.66. The summed E-state index contributed by atoms with van der Waals surface area (Å²) in [5.74, 6) is 1.61. The molecule has 0 aliphatic carbocycles. The van der Waals surface area contributed by atoms with Crippen LogP contribution in [0.5, 0.6) is 0 Å². The van der Waals surface area contributed by atoms with Gasteiger partial charge in [-0.15, -0.1) is 0 Å². The highest BCUT2D eigenvalue weighted by Gasteiger charge is 2.18. The molecule has 3 nitrogen and oxygen atoms in total. The average molecular weight is 234 g/mol. The van der Waals surface area contributed by atoms with Crippen molar-refractivity contribution in [1.82, 2.24) is 10.6 Å². The van der Waals surface area contributed by atoms with Gasteiger partial charge in [-0.2, -0.15) is 0 Å². The van der Waals surface area contributed by atoms with Crippen molar-refractivity contribution in [2.45, 2.75) is 38.8 Å². The molecule has 0 aromatic carbocycles. The zero-order chi connectivity index (χ0) is 10.6. The lowest BCUT2D eigenvalue weighted by atomic mass is 10.2. The fraction of sp³-hybridized carbons (Fsp3) is 0.889. The van der Waals surface area contributed by atoms with Crippen LogP contribution in [0.1, 0.15) is 26.7 Å². The van der Waals surface area contributed by atoms with Crippen LogP contribution >= 0.6 is 12.2 Å². The molecule has 0 aromatic heterocycles. The molecule has 0 spiro atoms. The van der Waals surface area contributed by atoms with Gasteiger partial charge in [-0.1, -0.05) is 0 Å². The number of rotatable bonds is 2. The molecule has 5 heteroatoms. The fourth-order valence-electron chi connectivity index (χ4n) is 1.43. The van der Waals surface area contributed by atoms with E-state index in [1.54, 1.807) is 0 Å². The molecule has 0 atom stereocenters. The molecule has 1 rings (SSSR count). The molecule has 82 valence electrons. The molecule has 1 saturated heterocycles. The third kappa shape index (κ3) is 4.37. The summed E-state index contributed by atoms with van der Waals surface area (Å²) in [5.41, 5.74) is 0. The summed E-state index contributed by atoms with van der Waals surface area (Å²) < 4.78 is 11.1. The lowest BCUT2D eigenvalue weighted by Gasteiger charge is -2.24. The molecule has 2 N–H and O–H groups in total. The van der Waals surface area contributed by atoms with Crippen LogP contribution in [0.2, 0.25) is 0 Å². The van der Waals surface area contributed by atoms with E-state index in [2.05, 4.69) is 24.5 Å². The average Bonchev–Trinajstić information content (AvgIpc) is 2.07. The van der Waals surface area contributed by atoms with Crippen molar-refractivity contribution in [3.05, 3.63) is 0 Å². The Labute approximate surface area is 93.5 Å². The minimum absolute atomic E-state index is 0.368. The Morgan fingerprint density at radius 3 is 2.50 bits per heavy atom. The standard InChI is InChI=1S/C9H18N2OS2/c1-7(2)10-9(13)11-8-3-5-14(12)6-4-8/h7-8H,3-6H2,1-2H3,(H2,10,11,13). The Morgan fingerprint density at radius 1 is 1.43 bits per heavy atom. The number of nitrogens with one attached hydrogen (secondary N) is 2. The van der Waals surface area contributed by atoms with E-state index < -0.39 is 10.8 Å². The monoisotopic (exact) mass is 234 g/mol. The quantitative estimate of drug-likeness (QED) is 0.693. The summed E-state index contributed by atoms with van der Waals surface area (Å²) in [6, 6.07) is 0.777. The van der Waals surface area contributed by atoms with Gasteiger partial charge in [0.05, 0.1) is 0 Å². The molecule has 14 heavy (non-hydrogen) atoms. The molecule has 0 radical (unpaired) electrons. The topological polar surface area (TPSA) is 41.1 Å². The molecule has 0 aromatic rings. The van der Waals surface area contributed by atoms with Crippen LogP contribution in [-0.2, 0) is 10.8 Å². The van der Waals surface area contributed by atoms with Gasteiger partial charge >= 0.3 is 0 Å². The molecule has 0 unspecified atom stereocenters. The van der Waals surface area contributed by atoms with E-state index >= 15 is 0 Å². The number of hydrogen-bond acceptors (Lipinski definition) is 2. The van der Waals surface area contributed by atoms with E-state index in [4.69, 9.17) is 12.2 Å². The van der Waals surface area contributed by atoms with Gasteiger partial charge in [0.15, 0.2) is 5.11 Å². The molecule has 0 saturated carbocycles. The summed E-state index contributed by atoms with van der Waals surface area (Å²) in [6.07, 6.45) is 1.93. The summed E-state index contributed by atoms with van der Waals surface area (Å²) in [6.45, 7) is 4.12. The van der Waals surface area contributed by atoms with Gasteiger partial charge < -0.3 is 10.6 Å². The van der Waals surface area contributed by atoms with Crippen LogP contribution in [0.15, 0.2) is 0 Å². The van der Waals surface area contributed by atoms with Crippen molar-refractivity contribution in [2.75, 3.05) is 11.5 Å². The molecular weight excluding hydrogens is 216 g/mol. The summed E-state index contributed by atoms with van der Waals surface area (Å²) >= 11 is 5.14. The van der Waals surface area contributed by atoms with Gasteiger partial charge in [-0.3, -0.25) is 4.21 Å². The second-order valence-electron chi connectivity index (χ2n) is 3.89. The molecule has 1 aliphatic heterocycles. The smallest absolute Gasteiger partial charge is 0.166 e. The first-order chi connectivity index (χ1) is 6.58. The van der Waals surface area contributed by atoms with Gasteiger partial charge in [0.25, 0.3) is 0 Å². The van der Waals surface area contributed by atoms with Crippen LogP contribution in [0.25, 0.3) is 0 Å². The fourth-order valence-corrected chi connectivity index (χ4v) is 3.13. The molecule has 1 heterocycles. The van der Waals surface area contributed by atoms with E-state index in [-0.39, 0.29) is 0 Å². The van der Waals surface area contributed by atoms with Gasteiger partial charge in [0.1, 0.15) is 0 Å². The summed E-state index contributed by atoms with van der Waals surface area (Å²) in [7, 11) is -0.590. The highest BCUT2D eigenvalue weighted by molar-refractivity contribution is 7.85. The van der Waals surface area contributed by atoms with Crippen LogP contribution in [0, 0.1) is 0 Å². The van der Waals surface area contributed by atoms with Crippen LogP contribution in [-0.4, -0.2) is 32.9 Å². The van der Waals surface area contributed by atoms with Crippen molar-refractivity contribution in [1.29, 1.82) is 0 Å². The minimum Gasteiger partial charge on any atom is -0.361 e. The first kappa shape index (κ1) is 11.9. The van der Waals surface area contributed by atoms with Crippen molar-refractivity contribution in [3.63, 3.8) is 0 Å². The zero-order valence-corrected chi connectivity index (χ0v) is 10.3. The Hall–Kier alpha value is -0.160. The summed E-state index contributed by atoms with van der Waals surface area (Å²) in [4.78, 5) is 0. The Morgan fingerprint density at radius 2 is 2.00 bits per heavy atom. The maximum atomic E-state index is 11.1. The lowest BCUT2D eigenvalue weighted by molar-refractivity contribution is 0.542. The Kier molecular flexibility index (Phi) is 4.81. The molecule has 1 fully saturated rings. The third-order valence-corrected chi connectivity index (χ3v) is 3.76.